The molecule has 0 fully saturated rings. The minimum atomic E-state index is -1.06. The Morgan fingerprint density at radius 2 is 2.07 bits per heavy atom. The first-order valence-corrected chi connectivity index (χ1v) is 4.51. The zero-order valence-electron chi connectivity index (χ0n) is 8.33. The molecule has 15 heavy (non-hydrogen) atoms. The third-order valence-electron chi connectivity index (χ3n) is 2.10. The topological polar surface area (TPSA) is 70.0 Å². The summed E-state index contributed by atoms with van der Waals surface area (Å²) in [6.07, 6.45) is 0. The van der Waals surface area contributed by atoms with E-state index in [0.717, 1.165) is 10.6 Å². The summed E-state index contributed by atoms with van der Waals surface area (Å²) >= 11 is 0. The molecule has 80 valence electrons. The van der Waals surface area contributed by atoms with E-state index in [2.05, 4.69) is 5.29 Å². The molecule has 1 aromatic carbocycles. The normalized spacial score (nSPS) is 11.8. The second-order valence-electron chi connectivity index (χ2n) is 3.18. The summed E-state index contributed by atoms with van der Waals surface area (Å²) in [6, 6.07) is 8.21. The fraction of sp³-hybridized carbons (Fsp3) is 0.300. The molecule has 0 saturated carbocycles. The van der Waals surface area contributed by atoms with Gasteiger partial charge in [-0.05, 0) is 12.5 Å². The minimum Gasteiger partial charge on any atom is -0.480 e. The van der Waals surface area contributed by atoms with Gasteiger partial charge in [0.15, 0.2) is 0 Å². The van der Waals surface area contributed by atoms with Gasteiger partial charge in [-0.25, -0.2) is 9.80 Å². The Balaban J connectivity index is 2.70. The van der Waals surface area contributed by atoms with Crippen molar-refractivity contribution in [3.8, 4) is 0 Å². The predicted molar refractivity (Wildman–Crippen MR) is 54.9 cm³/mol. The van der Waals surface area contributed by atoms with E-state index in [9.17, 15) is 9.70 Å². The van der Waals surface area contributed by atoms with Gasteiger partial charge >= 0.3 is 5.97 Å². The Kier molecular flexibility index (Phi) is 3.79. The Bertz CT molecular complexity index is 340. The fourth-order valence-corrected chi connectivity index (χ4v) is 1.13. The van der Waals surface area contributed by atoms with Crippen LogP contribution in [0.3, 0.4) is 0 Å². The van der Waals surface area contributed by atoms with Crippen LogP contribution >= 0.6 is 0 Å². The van der Waals surface area contributed by atoms with Gasteiger partial charge in [0.1, 0.15) is 6.04 Å². The van der Waals surface area contributed by atoms with E-state index >= 15 is 0 Å². The molecule has 1 aromatic rings. The molecule has 0 aliphatic rings. The van der Waals surface area contributed by atoms with Gasteiger partial charge in [-0.15, -0.1) is 4.91 Å². The summed E-state index contributed by atoms with van der Waals surface area (Å²) in [5.41, 5.74) is 0.852. The van der Waals surface area contributed by atoms with Gasteiger partial charge in [-0.3, -0.25) is 0 Å². The second kappa shape index (κ2) is 5.09. The summed E-state index contributed by atoms with van der Waals surface area (Å²) < 4.78 is 0. The average molecular weight is 208 g/mol. The minimum absolute atomic E-state index is 0.206. The van der Waals surface area contributed by atoms with Crippen molar-refractivity contribution < 1.29 is 9.90 Å². The summed E-state index contributed by atoms with van der Waals surface area (Å²) in [7, 11) is 0. The molecule has 0 spiro atoms. The van der Waals surface area contributed by atoms with Crippen molar-refractivity contribution in [2.45, 2.75) is 19.5 Å². The van der Waals surface area contributed by atoms with Gasteiger partial charge in [-0.2, -0.15) is 0 Å². The second-order valence-corrected chi connectivity index (χ2v) is 3.18. The van der Waals surface area contributed by atoms with Crippen molar-refractivity contribution >= 4 is 5.97 Å². The number of hydrogen-bond donors (Lipinski definition) is 1. The van der Waals surface area contributed by atoms with Gasteiger partial charge in [0.05, 0.1) is 11.8 Å². The molecule has 5 heteroatoms. The van der Waals surface area contributed by atoms with Crippen molar-refractivity contribution in [3.05, 3.63) is 40.8 Å². The quantitative estimate of drug-likeness (QED) is 0.590. The highest BCUT2D eigenvalue weighted by molar-refractivity contribution is 5.72. The lowest BCUT2D eigenvalue weighted by molar-refractivity contribution is -0.142. The van der Waals surface area contributed by atoms with Crippen LogP contribution in [0.15, 0.2) is 35.6 Å². The molecular formula is C10H12N2O3. The molecule has 1 rings (SSSR count). The first kappa shape index (κ1) is 11.2. The fourth-order valence-electron chi connectivity index (χ4n) is 1.13. The number of nitroso groups, excluding NO2 is 1. The summed E-state index contributed by atoms with van der Waals surface area (Å²) in [5.74, 6) is -1.06. The third-order valence-corrected chi connectivity index (χ3v) is 2.10. The lowest BCUT2D eigenvalue weighted by Crippen LogP contribution is -2.34. The molecule has 0 bridgehead atoms. The zero-order valence-corrected chi connectivity index (χ0v) is 8.33. The number of rotatable bonds is 5. The Hall–Kier alpha value is -1.91. The molecule has 0 unspecified atom stereocenters. The van der Waals surface area contributed by atoms with E-state index in [1.54, 1.807) is 0 Å². The van der Waals surface area contributed by atoms with Gasteiger partial charge < -0.3 is 5.11 Å². The molecule has 5 nitrogen and oxygen atoms in total. The molecule has 0 aliphatic heterocycles. The van der Waals surface area contributed by atoms with E-state index in [-0.39, 0.29) is 6.54 Å². The third kappa shape index (κ3) is 3.05. The molecular weight excluding hydrogens is 196 g/mol. The molecule has 1 atom stereocenters. The van der Waals surface area contributed by atoms with E-state index in [0.29, 0.717) is 0 Å². The average Bonchev–Trinajstić information content (AvgIpc) is 2.26. The van der Waals surface area contributed by atoms with E-state index in [1.807, 2.05) is 30.3 Å². The highest BCUT2D eigenvalue weighted by Crippen LogP contribution is 2.08. The van der Waals surface area contributed by atoms with Crippen LogP contribution in [-0.4, -0.2) is 22.1 Å². The summed E-state index contributed by atoms with van der Waals surface area (Å²) in [6.45, 7) is 1.63. The standard InChI is InChI=1S/C10H12N2O3/c1-8(10(13)14)12(11-15)7-9-5-3-2-4-6-9/h2-6,8H,7H2,1H3,(H,13,14)/t8-/m0/s1. The van der Waals surface area contributed by atoms with Crippen LogP contribution in [0.1, 0.15) is 12.5 Å². The highest BCUT2D eigenvalue weighted by Gasteiger charge is 2.20. The Morgan fingerprint density at radius 3 is 2.53 bits per heavy atom. The van der Waals surface area contributed by atoms with Crippen LogP contribution in [0.2, 0.25) is 0 Å². The van der Waals surface area contributed by atoms with E-state index < -0.39 is 12.0 Å². The first-order valence-electron chi connectivity index (χ1n) is 4.51. The van der Waals surface area contributed by atoms with E-state index in [4.69, 9.17) is 5.11 Å². The van der Waals surface area contributed by atoms with Crippen LogP contribution in [0.25, 0.3) is 0 Å². The number of carboxylic acid groups (broad SMARTS) is 1. The van der Waals surface area contributed by atoms with Crippen LogP contribution in [0, 0.1) is 4.91 Å². The van der Waals surface area contributed by atoms with Crippen LogP contribution in [0.5, 0.6) is 0 Å². The van der Waals surface area contributed by atoms with Gasteiger partial charge in [-0.1, -0.05) is 30.3 Å². The molecule has 0 radical (unpaired) electrons. The molecule has 0 aromatic heterocycles. The molecule has 0 aliphatic carbocycles. The predicted octanol–water partition coefficient (Wildman–Crippen LogP) is 1.64. The van der Waals surface area contributed by atoms with Crippen molar-refractivity contribution in [1.29, 1.82) is 0 Å². The van der Waals surface area contributed by atoms with Gasteiger partial charge in [0, 0.05) is 0 Å². The molecule has 0 heterocycles. The number of hydrogen-bond acceptors (Lipinski definition) is 3. The van der Waals surface area contributed by atoms with Gasteiger partial charge in [0.2, 0.25) is 0 Å². The maximum Gasteiger partial charge on any atom is 0.327 e. The molecule has 0 amide bonds. The van der Waals surface area contributed by atoms with Crippen LogP contribution in [0.4, 0.5) is 0 Å². The number of nitrogens with zero attached hydrogens (tertiary/aromatic N) is 2. The Labute approximate surface area is 87.3 Å². The SMILES string of the molecule is C[C@@H](C(=O)O)N(Cc1ccccc1)N=O. The maximum absolute atomic E-state index is 10.6. The first-order chi connectivity index (χ1) is 7.15. The number of carboxylic acids is 1. The summed E-state index contributed by atoms with van der Waals surface area (Å²) in [4.78, 5) is 21.1. The van der Waals surface area contributed by atoms with Crippen molar-refractivity contribution in [1.82, 2.24) is 5.01 Å². The lowest BCUT2D eigenvalue weighted by atomic mass is 10.2. The van der Waals surface area contributed by atoms with Crippen LogP contribution in [-0.2, 0) is 11.3 Å². The molecule has 1 N–H and O–H groups in total. The largest absolute Gasteiger partial charge is 0.480 e. The maximum atomic E-state index is 10.6. The van der Waals surface area contributed by atoms with Gasteiger partial charge in [0.25, 0.3) is 0 Å². The molecule has 0 saturated heterocycles. The zero-order chi connectivity index (χ0) is 11.3. The monoisotopic (exact) mass is 208 g/mol. The Morgan fingerprint density at radius 1 is 1.47 bits per heavy atom. The van der Waals surface area contributed by atoms with Crippen LogP contribution < -0.4 is 0 Å². The number of carbonyl (C=O) groups is 1. The van der Waals surface area contributed by atoms with Crippen molar-refractivity contribution in [2.24, 2.45) is 5.29 Å². The van der Waals surface area contributed by atoms with Crippen molar-refractivity contribution in [3.63, 3.8) is 0 Å². The number of benzene rings is 1. The van der Waals surface area contributed by atoms with Crippen molar-refractivity contribution in [2.75, 3.05) is 0 Å². The lowest BCUT2D eigenvalue weighted by Gasteiger charge is -2.19. The smallest absolute Gasteiger partial charge is 0.327 e. The summed E-state index contributed by atoms with van der Waals surface area (Å²) in [5, 5.41) is 12.4. The number of aliphatic carboxylic acids is 1. The van der Waals surface area contributed by atoms with E-state index in [1.165, 1.54) is 6.92 Å². The highest BCUT2D eigenvalue weighted by atomic mass is 16.4.